The second kappa shape index (κ2) is 5.90. The van der Waals surface area contributed by atoms with E-state index in [1.807, 2.05) is 0 Å². The molecule has 0 radical (unpaired) electrons. The molecule has 1 atom stereocenters. The van der Waals surface area contributed by atoms with Gasteiger partial charge in [-0.3, -0.25) is 9.10 Å². The normalized spacial score (nSPS) is 18.3. The fourth-order valence-corrected chi connectivity index (χ4v) is 3.69. The van der Waals surface area contributed by atoms with Gasteiger partial charge < -0.3 is 15.8 Å². The third-order valence-electron chi connectivity index (χ3n) is 3.23. The van der Waals surface area contributed by atoms with Crippen LogP contribution in [0.2, 0.25) is 0 Å². The molecule has 2 rings (SSSR count). The number of hydrogen-bond acceptors (Lipinski definition) is 5. The number of sulfonamides is 1. The summed E-state index contributed by atoms with van der Waals surface area (Å²) in [7, 11) is -1.84. The summed E-state index contributed by atoms with van der Waals surface area (Å²) in [5.74, 6) is 0.224. The van der Waals surface area contributed by atoms with Crippen LogP contribution in [0.3, 0.4) is 0 Å². The number of benzene rings is 1. The molecule has 1 heterocycles. The van der Waals surface area contributed by atoms with Crippen LogP contribution < -0.4 is 20.1 Å². The maximum absolute atomic E-state index is 12.0. The van der Waals surface area contributed by atoms with Crippen molar-refractivity contribution in [1.29, 1.82) is 0 Å². The molecule has 1 aliphatic rings. The van der Waals surface area contributed by atoms with Crippen molar-refractivity contribution in [3.05, 3.63) is 18.2 Å². The Balaban J connectivity index is 2.37. The molecule has 8 heteroatoms. The highest BCUT2D eigenvalue weighted by Crippen LogP contribution is 2.35. The van der Waals surface area contributed by atoms with Crippen LogP contribution in [0.4, 0.5) is 11.4 Å². The lowest BCUT2D eigenvalue weighted by molar-refractivity contribution is -0.117. The van der Waals surface area contributed by atoms with E-state index in [0.29, 0.717) is 30.1 Å². The highest BCUT2D eigenvalue weighted by Gasteiger charge is 2.30. The van der Waals surface area contributed by atoms with Crippen LogP contribution in [0, 0.1) is 0 Å². The second-order valence-electron chi connectivity index (χ2n) is 4.91. The van der Waals surface area contributed by atoms with Crippen LogP contribution in [0.25, 0.3) is 0 Å². The van der Waals surface area contributed by atoms with Gasteiger partial charge in [-0.15, -0.1) is 0 Å². The summed E-state index contributed by atoms with van der Waals surface area (Å²) in [6.07, 6.45) is 0.571. The number of carbonyl (C=O) groups is 1. The second-order valence-corrected chi connectivity index (χ2v) is 6.92. The number of nitrogens with two attached hydrogens (primary N) is 1. The monoisotopic (exact) mass is 313 g/mol. The predicted octanol–water partition coefficient (Wildman–Crippen LogP) is 0.521. The summed E-state index contributed by atoms with van der Waals surface area (Å²) >= 11 is 0. The highest BCUT2D eigenvalue weighted by atomic mass is 32.2. The SMILES string of the molecule is COc1ccc(NC(=O)[C@H](C)N)cc1N1CCCS1(=O)=O. The number of ether oxygens (including phenoxy) is 1. The minimum absolute atomic E-state index is 0.118. The standard InChI is InChI=1S/C13H19N3O4S/c1-9(14)13(17)15-10-4-5-12(20-2)11(8-10)16-6-3-7-21(16,18)19/h4-5,8-9H,3,6-7,14H2,1-2H3,(H,15,17)/t9-/m0/s1. The number of hydrogen-bond donors (Lipinski definition) is 2. The van der Waals surface area contributed by atoms with Crippen molar-refractivity contribution in [1.82, 2.24) is 0 Å². The van der Waals surface area contributed by atoms with E-state index in [4.69, 9.17) is 10.5 Å². The summed E-state index contributed by atoms with van der Waals surface area (Å²) in [6, 6.07) is 4.21. The molecule has 0 aliphatic carbocycles. The van der Waals surface area contributed by atoms with E-state index < -0.39 is 16.1 Å². The van der Waals surface area contributed by atoms with Crippen molar-refractivity contribution in [2.24, 2.45) is 5.73 Å². The third kappa shape index (κ3) is 3.27. The number of anilines is 2. The van der Waals surface area contributed by atoms with Gasteiger partial charge in [0, 0.05) is 12.2 Å². The summed E-state index contributed by atoms with van der Waals surface area (Å²) in [5.41, 5.74) is 6.41. The molecular formula is C13H19N3O4S. The average Bonchev–Trinajstić information content (AvgIpc) is 2.78. The first-order valence-electron chi connectivity index (χ1n) is 6.60. The Morgan fingerprint density at radius 3 is 2.71 bits per heavy atom. The molecule has 116 valence electrons. The van der Waals surface area contributed by atoms with Gasteiger partial charge in [-0.2, -0.15) is 0 Å². The summed E-state index contributed by atoms with van der Waals surface area (Å²) in [5, 5.41) is 2.64. The van der Waals surface area contributed by atoms with Crippen LogP contribution in [0.5, 0.6) is 5.75 Å². The summed E-state index contributed by atoms with van der Waals surface area (Å²) < 4.78 is 30.6. The van der Waals surface area contributed by atoms with Crippen molar-refractivity contribution >= 4 is 27.3 Å². The van der Waals surface area contributed by atoms with Gasteiger partial charge in [-0.1, -0.05) is 0 Å². The summed E-state index contributed by atoms with van der Waals surface area (Å²) in [6.45, 7) is 1.98. The van der Waals surface area contributed by atoms with Crippen LogP contribution in [0.1, 0.15) is 13.3 Å². The zero-order chi connectivity index (χ0) is 15.6. The zero-order valence-corrected chi connectivity index (χ0v) is 12.8. The van der Waals surface area contributed by atoms with Gasteiger partial charge in [0.2, 0.25) is 15.9 Å². The number of nitrogens with one attached hydrogen (secondary N) is 1. The van der Waals surface area contributed by atoms with Crippen LogP contribution in [-0.4, -0.2) is 39.8 Å². The van der Waals surface area contributed by atoms with Crippen molar-refractivity contribution in [3.63, 3.8) is 0 Å². The van der Waals surface area contributed by atoms with Crippen molar-refractivity contribution in [3.8, 4) is 5.75 Å². The molecule has 1 aromatic rings. The first-order chi connectivity index (χ1) is 9.85. The Hall–Kier alpha value is -1.80. The van der Waals surface area contributed by atoms with Gasteiger partial charge in [-0.05, 0) is 31.5 Å². The van der Waals surface area contributed by atoms with Crippen LogP contribution in [-0.2, 0) is 14.8 Å². The molecule has 0 aromatic heterocycles. The topological polar surface area (TPSA) is 102 Å². The van der Waals surface area contributed by atoms with Gasteiger partial charge >= 0.3 is 0 Å². The van der Waals surface area contributed by atoms with Gasteiger partial charge in [0.15, 0.2) is 0 Å². The molecule has 0 spiro atoms. The predicted molar refractivity (Wildman–Crippen MR) is 81.0 cm³/mol. The van der Waals surface area contributed by atoms with E-state index in [2.05, 4.69) is 5.32 Å². The first kappa shape index (κ1) is 15.6. The number of amides is 1. The number of nitrogens with zero attached hydrogens (tertiary/aromatic N) is 1. The van der Waals surface area contributed by atoms with Crippen molar-refractivity contribution < 1.29 is 17.9 Å². The van der Waals surface area contributed by atoms with E-state index in [-0.39, 0.29) is 11.7 Å². The Morgan fingerprint density at radius 1 is 1.48 bits per heavy atom. The zero-order valence-electron chi connectivity index (χ0n) is 12.0. The quantitative estimate of drug-likeness (QED) is 0.844. The lowest BCUT2D eigenvalue weighted by Gasteiger charge is -2.21. The lowest BCUT2D eigenvalue weighted by atomic mass is 10.2. The highest BCUT2D eigenvalue weighted by molar-refractivity contribution is 7.93. The van der Waals surface area contributed by atoms with Crippen LogP contribution >= 0.6 is 0 Å². The average molecular weight is 313 g/mol. The van der Waals surface area contributed by atoms with E-state index in [1.54, 1.807) is 25.1 Å². The van der Waals surface area contributed by atoms with E-state index in [1.165, 1.54) is 11.4 Å². The van der Waals surface area contributed by atoms with Gasteiger partial charge in [0.25, 0.3) is 0 Å². The molecule has 21 heavy (non-hydrogen) atoms. The Bertz CT molecular complexity index is 643. The molecule has 0 bridgehead atoms. The third-order valence-corrected chi connectivity index (χ3v) is 5.08. The molecule has 3 N–H and O–H groups in total. The van der Waals surface area contributed by atoms with E-state index in [9.17, 15) is 13.2 Å². The van der Waals surface area contributed by atoms with Crippen molar-refractivity contribution in [2.75, 3.05) is 29.0 Å². The van der Waals surface area contributed by atoms with E-state index in [0.717, 1.165) is 0 Å². The smallest absolute Gasteiger partial charge is 0.240 e. The minimum Gasteiger partial charge on any atom is -0.495 e. The van der Waals surface area contributed by atoms with Gasteiger partial charge in [0.1, 0.15) is 5.75 Å². The Kier molecular flexibility index (Phi) is 4.38. The number of methoxy groups -OCH3 is 1. The fraction of sp³-hybridized carbons (Fsp3) is 0.462. The maximum Gasteiger partial charge on any atom is 0.240 e. The van der Waals surface area contributed by atoms with Crippen LogP contribution in [0.15, 0.2) is 18.2 Å². The maximum atomic E-state index is 12.0. The van der Waals surface area contributed by atoms with Gasteiger partial charge in [0.05, 0.1) is 24.6 Å². The number of rotatable bonds is 4. The molecule has 1 aliphatic heterocycles. The molecule has 1 aromatic carbocycles. The van der Waals surface area contributed by atoms with Gasteiger partial charge in [-0.25, -0.2) is 8.42 Å². The summed E-state index contributed by atoms with van der Waals surface area (Å²) in [4.78, 5) is 11.6. The van der Waals surface area contributed by atoms with E-state index >= 15 is 0 Å². The molecule has 0 unspecified atom stereocenters. The lowest BCUT2D eigenvalue weighted by Crippen LogP contribution is -2.32. The molecular weight excluding hydrogens is 294 g/mol. The molecule has 1 saturated heterocycles. The van der Waals surface area contributed by atoms with Crippen molar-refractivity contribution in [2.45, 2.75) is 19.4 Å². The first-order valence-corrected chi connectivity index (χ1v) is 8.21. The molecule has 1 amide bonds. The molecule has 0 saturated carbocycles. The minimum atomic E-state index is -3.32. The molecule has 1 fully saturated rings. The Morgan fingerprint density at radius 2 is 2.19 bits per heavy atom. The molecule has 7 nitrogen and oxygen atoms in total. The number of carbonyl (C=O) groups excluding carboxylic acids is 1. The largest absolute Gasteiger partial charge is 0.495 e. The fourth-order valence-electron chi connectivity index (χ4n) is 2.13. The Labute approximate surface area is 124 Å².